The third-order valence-corrected chi connectivity index (χ3v) is 4.68. The number of benzene rings is 1. The molecule has 3 unspecified atom stereocenters. The molecule has 0 spiro atoms. The van der Waals surface area contributed by atoms with Gasteiger partial charge in [0, 0.05) is 6.04 Å². The normalized spacial score (nSPS) is 33.5. The molecule has 1 heteroatoms. The number of hydrogen-bond donors (Lipinski definition) is 1. The molecule has 2 aliphatic rings. The Kier molecular flexibility index (Phi) is 2.51. The summed E-state index contributed by atoms with van der Waals surface area (Å²) >= 11 is 0. The van der Waals surface area contributed by atoms with E-state index in [0.29, 0.717) is 6.04 Å². The van der Waals surface area contributed by atoms with Crippen LogP contribution >= 0.6 is 0 Å². The van der Waals surface area contributed by atoms with Crippen LogP contribution in [-0.4, -0.2) is 6.04 Å². The van der Waals surface area contributed by atoms with Gasteiger partial charge < -0.3 is 5.73 Å². The van der Waals surface area contributed by atoms with Crippen LogP contribution in [0.1, 0.15) is 30.4 Å². The van der Waals surface area contributed by atoms with Crippen molar-refractivity contribution in [3.63, 3.8) is 0 Å². The van der Waals surface area contributed by atoms with Gasteiger partial charge in [0.2, 0.25) is 0 Å². The van der Waals surface area contributed by atoms with E-state index < -0.39 is 0 Å². The van der Waals surface area contributed by atoms with E-state index >= 15 is 0 Å². The molecule has 1 aromatic carbocycles. The van der Waals surface area contributed by atoms with Gasteiger partial charge in [-0.25, -0.2) is 0 Å². The van der Waals surface area contributed by atoms with Crippen LogP contribution in [0.5, 0.6) is 0 Å². The summed E-state index contributed by atoms with van der Waals surface area (Å²) in [5.41, 5.74) is 9.21. The van der Waals surface area contributed by atoms with E-state index in [-0.39, 0.29) is 0 Å². The molecule has 0 saturated heterocycles. The summed E-state index contributed by atoms with van der Waals surface area (Å²) < 4.78 is 0. The third kappa shape index (κ3) is 1.67. The van der Waals surface area contributed by atoms with Gasteiger partial charge in [-0.05, 0) is 55.1 Å². The Hall–Kier alpha value is -0.820. The van der Waals surface area contributed by atoms with Gasteiger partial charge in [0.15, 0.2) is 0 Å². The van der Waals surface area contributed by atoms with Gasteiger partial charge in [0.25, 0.3) is 0 Å². The number of hydrogen-bond acceptors (Lipinski definition) is 1. The highest BCUT2D eigenvalue weighted by Crippen LogP contribution is 2.58. The molecule has 2 N–H and O–H groups in total. The first-order chi connectivity index (χ1) is 7.77. The highest BCUT2D eigenvalue weighted by Gasteiger charge is 2.54. The van der Waals surface area contributed by atoms with E-state index in [0.717, 1.165) is 24.2 Å². The summed E-state index contributed by atoms with van der Waals surface area (Å²) in [7, 11) is 0. The lowest BCUT2D eigenvalue weighted by Crippen LogP contribution is -2.27. The van der Waals surface area contributed by atoms with Gasteiger partial charge in [-0.15, -0.1) is 0 Å². The molecular formula is C15H21N. The Balaban J connectivity index is 1.65. The van der Waals surface area contributed by atoms with Crippen LogP contribution in [0, 0.1) is 24.7 Å². The monoisotopic (exact) mass is 215 g/mol. The van der Waals surface area contributed by atoms with Gasteiger partial charge in [0.1, 0.15) is 0 Å². The Morgan fingerprint density at radius 2 is 1.94 bits per heavy atom. The fourth-order valence-electron chi connectivity index (χ4n) is 3.74. The quantitative estimate of drug-likeness (QED) is 0.824. The van der Waals surface area contributed by atoms with Crippen molar-refractivity contribution < 1.29 is 0 Å². The first-order valence-corrected chi connectivity index (χ1v) is 6.57. The summed E-state index contributed by atoms with van der Waals surface area (Å²) in [6.45, 7) is 2.19. The fraction of sp³-hybridized carbons (Fsp3) is 0.600. The molecule has 0 bridgehead atoms. The van der Waals surface area contributed by atoms with Crippen LogP contribution in [0.15, 0.2) is 24.3 Å². The molecule has 1 aromatic rings. The molecule has 3 rings (SSSR count). The maximum absolute atomic E-state index is 6.37. The van der Waals surface area contributed by atoms with Crippen molar-refractivity contribution in [1.82, 2.24) is 0 Å². The van der Waals surface area contributed by atoms with E-state index in [9.17, 15) is 0 Å². The van der Waals surface area contributed by atoms with E-state index in [4.69, 9.17) is 5.73 Å². The Labute approximate surface area is 98.0 Å². The summed E-state index contributed by atoms with van der Waals surface area (Å²) in [5, 5.41) is 0. The van der Waals surface area contributed by atoms with Crippen molar-refractivity contribution in [3.8, 4) is 0 Å². The summed E-state index contributed by atoms with van der Waals surface area (Å²) in [6.07, 6.45) is 5.40. The smallest absolute Gasteiger partial charge is 0.0113 e. The standard InChI is InChI=1S/C15H21N/c1-10-5-2-3-6-11(10)9-14(16)15-12-7-4-8-13(12)15/h2-3,5-6,12-15H,4,7-9,16H2,1H3. The topological polar surface area (TPSA) is 26.0 Å². The lowest BCUT2D eigenvalue weighted by Gasteiger charge is -2.15. The Morgan fingerprint density at radius 1 is 1.25 bits per heavy atom. The summed E-state index contributed by atoms with van der Waals surface area (Å²) in [5.74, 6) is 2.81. The lowest BCUT2D eigenvalue weighted by molar-refractivity contribution is 0.483. The van der Waals surface area contributed by atoms with Gasteiger partial charge in [-0.1, -0.05) is 30.7 Å². The van der Waals surface area contributed by atoms with Crippen molar-refractivity contribution >= 4 is 0 Å². The molecule has 0 amide bonds. The first-order valence-electron chi connectivity index (χ1n) is 6.57. The summed E-state index contributed by atoms with van der Waals surface area (Å²) in [4.78, 5) is 0. The molecule has 2 fully saturated rings. The predicted octanol–water partition coefficient (Wildman–Crippen LogP) is 2.91. The minimum Gasteiger partial charge on any atom is -0.327 e. The second kappa shape index (κ2) is 3.89. The van der Waals surface area contributed by atoms with Crippen LogP contribution in [-0.2, 0) is 6.42 Å². The molecule has 0 aromatic heterocycles. The minimum atomic E-state index is 0.399. The number of nitrogens with two attached hydrogens (primary N) is 1. The zero-order valence-electron chi connectivity index (χ0n) is 10.0. The maximum atomic E-state index is 6.37. The van der Waals surface area contributed by atoms with Crippen LogP contribution in [0.4, 0.5) is 0 Å². The van der Waals surface area contributed by atoms with Gasteiger partial charge in [-0.3, -0.25) is 0 Å². The highest BCUT2D eigenvalue weighted by atomic mass is 14.7. The highest BCUT2D eigenvalue weighted by molar-refractivity contribution is 5.27. The van der Waals surface area contributed by atoms with Crippen LogP contribution in [0.25, 0.3) is 0 Å². The van der Waals surface area contributed by atoms with E-state index in [2.05, 4.69) is 31.2 Å². The Bertz CT molecular complexity index is 375. The van der Waals surface area contributed by atoms with E-state index in [1.165, 1.54) is 30.4 Å². The molecule has 2 saturated carbocycles. The second-order valence-electron chi connectivity index (χ2n) is 5.63. The zero-order chi connectivity index (χ0) is 11.1. The van der Waals surface area contributed by atoms with Crippen molar-refractivity contribution in [3.05, 3.63) is 35.4 Å². The Morgan fingerprint density at radius 3 is 2.62 bits per heavy atom. The van der Waals surface area contributed by atoms with Crippen molar-refractivity contribution in [2.24, 2.45) is 23.5 Å². The van der Waals surface area contributed by atoms with Crippen molar-refractivity contribution in [2.75, 3.05) is 0 Å². The molecule has 16 heavy (non-hydrogen) atoms. The first kappa shape index (κ1) is 10.3. The average molecular weight is 215 g/mol. The number of fused-ring (bicyclic) bond motifs is 1. The molecule has 0 radical (unpaired) electrons. The van der Waals surface area contributed by atoms with Crippen LogP contribution in [0.2, 0.25) is 0 Å². The number of rotatable bonds is 3. The average Bonchev–Trinajstić information content (AvgIpc) is 2.76. The van der Waals surface area contributed by atoms with Gasteiger partial charge in [-0.2, -0.15) is 0 Å². The van der Waals surface area contributed by atoms with Crippen LogP contribution in [0.3, 0.4) is 0 Å². The number of aryl methyl sites for hydroxylation is 1. The maximum Gasteiger partial charge on any atom is 0.0113 e. The second-order valence-corrected chi connectivity index (χ2v) is 5.63. The largest absolute Gasteiger partial charge is 0.327 e. The SMILES string of the molecule is Cc1ccccc1CC(N)C1C2CCCC21. The van der Waals surface area contributed by atoms with Crippen LogP contribution < -0.4 is 5.73 Å². The van der Waals surface area contributed by atoms with E-state index in [1.807, 2.05) is 0 Å². The van der Waals surface area contributed by atoms with E-state index in [1.54, 1.807) is 0 Å². The molecule has 0 heterocycles. The minimum absolute atomic E-state index is 0.399. The van der Waals surface area contributed by atoms with Gasteiger partial charge >= 0.3 is 0 Å². The summed E-state index contributed by atoms with van der Waals surface area (Å²) in [6, 6.07) is 9.05. The molecule has 0 aliphatic heterocycles. The lowest BCUT2D eigenvalue weighted by atomic mass is 9.95. The van der Waals surface area contributed by atoms with Crippen molar-refractivity contribution in [1.29, 1.82) is 0 Å². The molecule has 2 aliphatic carbocycles. The van der Waals surface area contributed by atoms with Crippen molar-refractivity contribution in [2.45, 2.75) is 38.6 Å². The third-order valence-electron chi connectivity index (χ3n) is 4.68. The molecule has 86 valence electrons. The predicted molar refractivity (Wildman–Crippen MR) is 67.2 cm³/mol. The van der Waals surface area contributed by atoms with Gasteiger partial charge in [0.05, 0.1) is 0 Å². The molecule has 3 atom stereocenters. The molecular weight excluding hydrogens is 194 g/mol. The fourth-order valence-corrected chi connectivity index (χ4v) is 3.74. The molecule has 1 nitrogen and oxygen atoms in total. The zero-order valence-corrected chi connectivity index (χ0v) is 10.0.